The van der Waals surface area contributed by atoms with Crippen molar-refractivity contribution in [3.05, 3.63) is 17.9 Å². The number of hydrogen-bond donors (Lipinski definition) is 1. The molecule has 1 aromatic rings. The van der Waals surface area contributed by atoms with Gasteiger partial charge in [-0.3, -0.25) is 10.1 Å². The standard InChI is InChI=1S/C11H17NO4/c1-4-15-11-6-5-9(16-11)8(2)12-7-10(13)14-3/h5-6,8,12H,4,7H2,1-3H3. The molecule has 0 aliphatic carbocycles. The summed E-state index contributed by atoms with van der Waals surface area (Å²) in [5.74, 6) is 0.917. The molecular weight excluding hydrogens is 210 g/mol. The molecule has 1 rings (SSSR count). The molecule has 1 atom stereocenters. The second-order valence-corrected chi connectivity index (χ2v) is 3.27. The lowest BCUT2D eigenvalue weighted by Gasteiger charge is -2.09. The van der Waals surface area contributed by atoms with Crippen LogP contribution in [0, 0.1) is 0 Å². The molecule has 0 saturated carbocycles. The molecule has 5 nitrogen and oxygen atoms in total. The van der Waals surface area contributed by atoms with Gasteiger partial charge in [0.25, 0.3) is 5.95 Å². The smallest absolute Gasteiger partial charge is 0.319 e. The molecule has 0 bridgehead atoms. The zero-order valence-electron chi connectivity index (χ0n) is 9.78. The Morgan fingerprint density at radius 1 is 1.56 bits per heavy atom. The van der Waals surface area contributed by atoms with Crippen molar-refractivity contribution in [3.8, 4) is 5.95 Å². The Bertz CT molecular complexity index is 334. The van der Waals surface area contributed by atoms with Crippen LogP contribution >= 0.6 is 0 Å². The summed E-state index contributed by atoms with van der Waals surface area (Å²) in [6.07, 6.45) is 0. The molecule has 0 aromatic carbocycles. The first-order valence-electron chi connectivity index (χ1n) is 5.20. The number of nitrogens with one attached hydrogen (secondary N) is 1. The molecule has 0 fully saturated rings. The molecule has 90 valence electrons. The van der Waals surface area contributed by atoms with Gasteiger partial charge in [-0.15, -0.1) is 0 Å². The van der Waals surface area contributed by atoms with Gasteiger partial charge in [0.05, 0.1) is 26.3 Å². The lowest BCUT2D eigenvalue weighted by Crippen LogP contribution is -2.26. The summed E-state index contributed by atoms with van der Waals surface area (Å²) in [6.45, 7) is 4.51. The van der Waals surface area contributed by atoms with Crippen molar-refractivity contribution in [3.63, 3.8) is 0 Å². The molecule has 1 heterocycles. The van der Waals surface area contributed by atoms with Gasteiger partial charge in [0.15, 0.2) is 0 Å². The number of carbonyl (C=O) groups is 1. The van der Waals surface area contributed by atoms with Crippen LogP contribution in [0.2, 0.25) is 0 Å². The maximum atomic E-state index is 10.9. The summed E-state index contributed by atoms with van der Waals surface area (Å²) < 4.78 is 15.1. The molecule has 0 amide bonds. The molecule has 0 spiro atoms. The van der Waals surface area contributed by atoms with E-state index in [4.69, 9.17) is 9.15 Å². The fourth-order valence-corrected chi connectivity index (χ4v) is 1.20. The third-order valence-corrected chi connectivity index (χ3v) is 2.10. The van der Waals surface area contributed by atoms with Crippen LogP contribution in [0.4, 0.5) is 0 Å². The van der Waals surface area contributed by atoms with Gasteiger partial charge in [-0.25, -0.2) is 0 Å². The Morgan fingerprint density at radius 3 is 2.94 bits per heavy atom. The molecular formula is C11H17NO4. The van der Waals surface area contributed by atoms with E-state index in [0.717, 1.165) is 5.76 Å². The van der Waals surface area contributed by atoms with Crippen molar-refractivity contribution in [2.45, 2.75) is 19.9 Å². The summed E-state index contributed by atoms with van der Waals surface area (Å²) in [4.78, 5) is 10.9. The molecule has 1 unspecified atom stereocenters. The average molecular weight is 227 g/mol. The maximum Gasteiger partial charge on any atom is 0.319 e. The zero-order chi connectivity index (χ0) is 12.0. The van der Waals surface area contributed by atoms with E-state index in [1.807, 2.05) is 19.9 Å². The Kier molecular flexibility index (Phi) is 4.85. The molecule has 0 radical (unpaired) electrons. The second-order valence-electron chi connectivity index (χ2n) is 3.27. The summed E-state index contributed by atoms with van der Waals surface area (Å²) in [5.41, 5.74) is 0. The van der Waals surface area contributed by atoms with Crippen LogP contribution in [0.5, 0.6) is 5.95 Å². The van der Waals surface area contributed by atoms with Crippen LogP contribution in [0.1, 0.15) is 25.6 Å². The monoisotopic (exact) mass is 227 g/mol. The first kappa shape index (κ1) is 12.6. The number of hydrogen-bond acceptors (Lipinski definition) is 5. The fourth-order valence-electron chi connectivity index (χ4n) is 1.20. The zero-order valence-corrected chi connectivity index (χ0v) is 9.78. The van der Waals surface area contributed by atoms with Crippen molar-refractivity contribution in [1.29, 1.82) is 0 Å². The van der Waals surface area contributed by atoms with Crippen molar-refractivity contribution in [2.24, 2.45) is 0 Å². The summed E-state index contributed by atoms with van der Waals surface area (Å²) in [7, 11) is 1.36. The van der Waals surface area contributed by atoms with Gasteiger partial charge in [-0.1, -0.05) is 0 Å². The van der Waals surface area contributed by atoms with E-state index in [0.29, 0.717) is 12.6 Å². The first-order chi connectivity index (χ1) is 7.67. The molecule has 0 aliphatic rings. The number of ether oxygens (including phenoxy) is 2. The van der Waals surface area contributed by atoms with Crippen molar-refractivity contribution in [2.75, 3.05) is 20.3 Å². The number of methoxy groups -OCH3 is 1. The van der Waals surface area contributed by atoms with Gasteiger partial charge in [0, 0.05) is 6.07 Å². The number of esters is 1. The highest BCUT2D eigenvalue weighted by Gasteiger charge is 2.12. The van der Waals surface area contributed by atoms with Gasteiger partial charge in [-0.2, -0.15) is 0 Å². The van der Waals surface area contributed by atoms with E-state index < -0.39 is 0 Å². The average Bonchev–Trinajstić information content (AvgIpc) is 2.74. The third kappa shape index (κ3) is 3.58. The van der Waals surface area contributed by atoms with Gasteiger partial charge in [0.2, 0.25) is 0 Å². The minimum atomic E-state index is -0.302. The van der Waals surface area contributed by atoms with E-state index >= 15 is 0 Å². The topological polar surface area (TPSA) is 60.7 Å². The summed E-state index contributed by atoms with van der Waals surface area (Å²) in [6, 6.07) is 3.52. The Hall–Kier alpha value is -1.49. The van der Waals surface area contributed by atoms with E-state index in [9.17, 15) is 4.79 Å². The van der Waals surface area contributed by atoms with Crippen LogP contribution in [-0.2, 0) is 9.53 Å². The molecule has 1 aromatic heterocycles. The normalized spacial score (nSPS) is 12.2. The van der Waals surface area contributed by atoms with E-state index in [2.05, 4.69) is 10.1 Å². The highest BCUT2D eigenvalue weighted by molar-refractivity contribution is 5.71. The van der Waals surface area contributed by atoms with Gasteiger partial charge in [-0.05, 0) is 19.9 Å². The van der Waals surface area contributed by atoms with Crippen LogP contribution in [0.15, 0.2) is 16.5 Å². The first-order valence-corrected chi connectivity index (χ1v) is 5.20. The minimum absolute atomic E-state index is 0.0618. The summed E-state index contributed by atoms with van der Waals surface area (Å²) in [5, 5.41) is 2.98. The van der Waals surface area contributed by atoms with Gasteiger partial charge >= 0.3 is 5.97 Å². The highest BCUT2D eigenvalue weighted by atomic mass is 16.6. The molecule has 0 saturated heterocycles. The Labute approximate surface area is 94.7 Å². The second kappa shape index (κ2) is 6.17. The SMILES string of the molecule is CCOc1ccc(C(C)NCC(=O)OC)o1. The van der Waals surface area contributed by atoms with Crippen molar-refractivity contribution in [1.82, 2.24) is 5.32 Å². The largest absolute Gasteiger partial charge is 0.468 e. The quantitative estimate of drug-likeness (QED) is 0.746. The number of furan rings is 1. The van der Waals surface area contributed by atoms with E-state index in [1.54, 1.807) is 6.07 Å². The predicted octanol–water partition coefficient (Wildman–Crippen LogP) is 1.50. The lowest BCUT2D eigenvalue weighted by atomic mass is 10.2. The van der Waals surface area contributed by atoms with Crippen LogP contribution in [0.3, 0.4) is 0 Å². The number of rotatable bonds is 6. The van der Waals surface area contributed by atoms with Crippen LogP contribution in [0.25, 0.3) is 0 Å². The molecule has 5 heteroatoms. The minimum Gasteiger partial charge on any atom is -0.468 e. The molecule has 1 N–H and O–H groups in total. The predicted molar refractivity (Wildman–Crippen MR) is 58.3 cm³/mol. The van der Waals surface area contributed by atoms with E-state index in [-0.39, 0.29) is 18.6 Å². The molecule has 0 aliphatic heterocycles. The van der Waals surface area contributed by atoms with Crippen molar-refractivity contribution < 1.29 is 18.7 Å². The maximum absolute atomic E-state index is 10.9. The molecule has 16 heavy (non-hydrogen) atoms. The third-order valence-electron chi connectivity index (χ3n) is 2.10. The van der Waals surface area contributed by atoms with E-state index in [1.165, 1.54) is 7.11 Å². The number of carbonyl (C=O) groups excluding carboxylic acids is 1. The Balaban J connectivity index is 2.45. The van der Waals surface area contributed by atoms with Crippen molar-refractivity contribution >= 4 is 5.97 Å². The van der Waals surface area contributed by atoms with Gasteiger partial charge < -0.3 is 13.9 Å². The van der Waals surface area contributed by atoms with Crippen LogP contribution in [-0.4, -0.2) is 26.2 Å². The van der Waals surface area contributed by atoms with Crippen LogP contribution < -0.4 is 10.1 Å². The Morgan fingerprint density at radius 2 is 2.31 bits per heavy atom. The van der Waals surface area contributed by atoms with Gasteiger partial charge in [0.1, 0.15) is 5.76 Å². The lowest BCUT2D eigenvalue weighted by molar-refractivity contribution is -0.139. The highest BCUT2D eigenvalue weighted by Crippen LogP contribution is 2.21. The fraction of sp³-hybridized carbons (Fsp3) is 0.545. The summed E-state index contributed by atoms with van der Waals surface area (Å²) >= 11 is 0.